The van der Waals surface area contributed by atoms with E-state index in [1.54, 1.807) is 11.6 Å². The summed E-state index contributed by atoms with van der Waals surface area (Å²) in [6, 6.07) is 9.88. The third-order valence-electron chi connectivity index (χ3n) is 4.60. The van der Waals surface area contributed by atoms with Crippen molar-refractivity contribution in [3.8, 4) is 11.6 Å². The van der Waals surface area contributed by atoms with E-state index in [2.05, 4.69) is 12.0 Å². The number of nitrogens with zero attached hydrogens (tertiary/aromatic N) is 3. The Morgan fingerprint density at radius 1 is 1.25 bits per heavy atom. The van der Waals surface area contributed by atoms with E-state index in [1.165, 1.54) is 0 Å². The van der Waals surface area contributed by atoms with Gasteiger partial charge in [-0.25, -0.2) is 4.68 Å². The molecule has 0 radical (unpaired) electrons. The van der Waals surface area contributed by atoms with Crippen LogP contribution in [0.5, 0.6) is 5.88 Å². The molecule has 2 heterocycles. The van der Waals surface area contributed by atoms with E-state index in [1.807, 2.05) is 48.4 Å². The molecule has 1 fully saturated rings. The summed E-state index contributed by atoms with van der Waals surface area (Å²) in [5, 5.41) is 4.48. The van der Waals surface area contributed by atoms with E-state index < -0.39 is 6.10 Å². The smallest absolute Gasteiger partial charge is 0.263 e. The van der Waals surface area contributed by atoms with Crippen molar-refractivity contribution in [1.82, 2.24) is 14.7 Å². The monoisotopic (exact) mass is 327 g/mol. The molecule has 24 heavy (non-hydrogen) atoms. The Kier molecular flexibility index (Phi) is 4.88. The fourth-order valence-electron chi connectivity index (χ4n) is 2.98. The Labute approximate surface area is 143 Å². The Morgan fingerprint density at radius 2 is 1.92 bits per heavy atom. The third-order valence-corrected chi connectivity index (χ3v) is 4.60. The molecular formula is C19H25N3O2. The quantitative estimate of drug-likeness (QED) is 0.866. The van der Waals surface area contributed by atoms with Crippen molar-refractivity contribution in [2.24, 2.45) is 5.92 Å². The van der Waals surface area contributed by atoms with Gasteiger partial charge in [0.2, 0.25) is 5.88 Å². The number of amides is 1. The highest BCUT2D eigenvalue weighted by Gasteiger charge is 2.26. The number of piperidine rings is 1. The maximum Gasteiger partial charge on any atom is 0.263 e. The first kappa shape index (κ1) is 16.6. The molecule has 1 aromatic carbocycles. The van der Waals surface area contributed by atoms with Crippen LogP contribution in [-0.2, 0) is 4.79 Å². The van der Waals surface area contributed by atoms with Crippen molar-refractivity contribution in [1.29, 1.82) is 0 Å². The molecule has 0 unspecified atom stereocenters. The molecule has 2 aromatic rings. The van der Waals surface area contributed by atoms with Crippen LogP contribution >= 0.6 is 0 Å². The van der Waals surface area contributed by atoms with Gasteiger partial charge in [-0.15, -0.1) is 5.10 Å². The molecular weight excluding hydrogens is 302 g/mol. The Morgan fingerprint density at radius 3 is 2.58 bits per heavy atom. The molecule has 1 saturated heterocycles. The number of hydrogen-bond acceptors (Lipinski definition) is 3. The van der Waals surface area contributed by atoms with Crippen molar-refractivity contribution in [3.05, 3.63) is 42.1 Å². The van der Waals surface area contributed by atoms with Crippen LogP contribution < -0.4 is 4.74 Å². The molecule has 128 valence electrons. The zero-order chi connectivity index (χ0) is 17.1. The fraction of sp³-hybridized carbons (Fsp3) is 0.474. The van der Waals surface area contributed by atoms with Gasteiger partial charge in [0.05, 0.1) is 5.69 Å². The first-order valence-corrected chi connectivity index (χ1v) is 8.61. The molecule has 1 aliphatic rings. The van der Waals surface area contributed by atoms with Crippen LogP contribution in [0.2, 0.25) is 0 Å². The Balaban J connectivity index is 1.67. The molecule has 1 aliphatic heterocycles. The van der Waals surface area contributed by atoms with E-state index >= 15 is 0 Å². The van der Waals surface area contributed by atoms with Gasteiger partial charge in [-0.1, -0.05) is 25.1 Å². The highest BCUT2D eigenvalue weighted by Crippen LogP contribution is 2.21. The lowest BCUT2D eigenvalue weighted by Crippen LogP contribution is -2.44. The second kappa shape index (κ2) is 7.07. The first-order valence-electron chi connectivity index (χ1n) is 8.61. The van der Waals surface area contributed by atoms with Crippen molar-refractivity contribution < 1.29 is 9.53 Å². The van der Waals surface area contributed by atoms with Gasteiger partial charge in [-0.05, 0) is 44.7 Å². The molecule has 5 heteroatoms. The lowest BCUT2D eigenvalue weighted by molar-refractivity contribution is -0.139. The molecule has 1 atom stereocenters. The van der Waals surface area contributed by atoms with Crippen molar-refractivity contribution in [3.63, 3.8) is 0 Å². The zero-order valence-corrected chi connectivity index (χ0v) is 14.6. The summed E-state index contributed by atoms with van der Waals surface area (Å²) in [5.41, 5.74) is 1.89. The van der Waals surface area contributed by atoms with Gasteiger partial charge in [0.1, 0.15) is 0 Å². The van der Waals surface area contributed by atoms with Crippen molar-refractivity contribution in [2.75, 3.05) is 13.1 Å². The molecule has 0 saturated carbocycles. The molecule has 1 aromatic heterocycles. The number of carbonyl (C=O) groups is 1. The summed E-state index contributed by atoms with van der Waals surface area (Å²) >= 11 is 0. The summed E-state index contributed by atoms with van der Waals surface area (Å²) in [5.74, 6) is 1.27. The summed E-state index contributed by atoms with van der Waals surface area (Å²) in [6.45, 7) is 7.64. The highest BCUT2D eigenvalue weighted by molar-refractivity contribution is 5.81. The number of aryl methyl sites for hydroxylation is 1. The van der Waals surface area contributed by atoms with Gasteiger partial charge in [-0.3, -0.25) is 4.79 Å². The number of ether oxygens (including phenoxy) is 1. The van der Waals surface area contributed by atoms with Crippen LogP contribution in [0.1, 0.15) is 32.3 Å². The molecule has 0 N–H and O–H groups in total. The van der Waals surface area contributed by atoms with Gasteiger partial charge < -0.3 is 9.64 Å². The predicted octanol–water partition coefficient (Wildman–Crippen LogP) is 3.21. The third kappa shape index (κ3) is 3.61. The van der Waals surface area contributed by atoms with E-state index in [4.69, 9.17) is 4.74 Å². The number of likely N-dealkylation sites (tertiary alicyclic amines) is 1. The second-order valence-corrected chi connectivity index (χ2v) is 6.67. The molecule has 5 nitrogen and oxygen atoms in total. The van der Waals surface area contributed by atoms with Gasteiger partial charge >= 0.3 is 0 Å². The summed E-state index contributed by atoms with van der Waals surface area (Å²) in [6.07, 6.45) is 3.54. The maximum absolute atomic E-state index is 12.6. The van der Waals surface area contributed by atoms with Gasteiger partial charge in [0.15, 0.2) is 6.10 Å². The van der Waals surface area contributed by atoms with Gasteiger partial charge in [-0.2, -0.15) is 0 Å². The van der Waals surface area contributed by atoms with E-state index in [0.29, 0.717) is 11.8 Å². The number of rotatable bonds is 4. The predicted molar refractivity (Wildman–Crippen MR) is 93.4 cm³/mol. The number of para-hydroxylation sites is 1. The van der Waals surface area contributed by atoms with E-state index in [-0.39, 0.29) is 5.91 Å². The first-order chi connectivity index (χ1) is 11.5. The topological polar surface area (TPSA) is 47.4 Å². The van der Waals surface area contributed by atoms with E-state index in [9.17, 15) is 4.79 Å². The minimum Gasteiger partial charge on any atom is -0.463 e. The molecule has 0 bridgehead atoms. The van der Waals surface area contributed by atoms with Crippen LogP contribution in [0.4, 0.5) is 0 Å². The van der Waals surface area contributed by atoms with Gasteiger partial charge in [0, 0.05) is 24.8 Å². The molecule has 1 amide bonds. The second-order valence-electron chi connectivity index (χ2n) is 6.67. The Bertz CT molecular complexity index is 688. The van der Waals surface area contributed by atoms with Crippen LogP contribution in [0.15, 0.2) is 36.5 Å². The summed E-state index contributed by atoms with van der Waals surface area (Å²) in [4.78, 5) is 14.5. The largest absolute Gasteiger partial charge is 0.463 e. The molecule has 0 aliphatic carbocycles. The Hall–Kier alpha value is -2.30. The normalized spacial score (nSPS) is 16.9. The molecule has 0 spiro atoms. The van der Waals surface area contributed by atoms with Crippen LogP contribution in [-0.4, -0.2) is 39.8 Å². The maximum atomic E-state index is 12.6. The standard InChI is InChI=1S/C19H25N3O2/c1-14-9-11-21(12-10-14)19(23)16(3)24-18-15(2)13-22(20-18)17-7-5-4-6-8-17/h4-8,13-14,16H,9-12H2,1-3H3/t16-/m0/s1. The number of benzene rings is 1. The number of aromatic nitrogens is 2. The van der Waals surface area contributed by atoms with Crippen LogP contribution in [0, 0.1) is 12.8 Å². The lowest BCUT2D eigenvalue weighted by atomic mass is 9.99. The zero-order valence-electron chi connectivity index (χ0n) is 14.6. The van der Waals surface area contributed by atoms with E-state index in [0.717, 1.165) is 37.2 Å². The number of carbonyl (C=O) groups excluding carboxylic acids is 1. The summed E-state index contributed by atoms with van der Waals surface area (Å²) in [7, 11) is 0. The van der Waals surface area contributed by atoms with Crippen molar-refractivity contribution in [2.45, 2.75) is 39.7 Å². The average molecular weight is 327 g/mol. The highest BCUT2D eigenvalue weighted by atomic mass is 16.5. The molecule has 3 rings (SSSR count). The van der Waals surface area contributed by atoms with Crippen LogP contribution in [0.25, 0.3) is 5.69 Å². The van der Waals surface area contributed by atoms with Crippen molar-refractivity contribution >= 4 is 5.91 Å². The fourth-order valence-corrected chi connectivity index (χ4v) is 2.98. The van der Waals surface area contributed by atoms with Crippen LogP contribution in [0.3, 0.4) is 0 Å². The summed E-state index contributed by atoms with van der Waals surface area (Å²) < 4.78 is 7.65. The average Bonchev–Trinajstić information content (AvgIpc) is 2.96. The van der Waals surface area contributed by atoms with Gasteiger partial charge in [0.25, 0.3) is 5.91 Å². The minimum atomic E-state index is -0.517. The minimum absolute atomic E-state index is 0.0514. The SMILES string of the molecule is Cc1cn(-c2ccccc2)nc1O[C@@H](C)C(=O)N1CCC(C)CC1. The lowest BCUT2D eigenvalue weighted by Gasteiger charge is -2.32. The number of hydrogen-bond donors (Lipinski definition) is 0.